The third-order valence-corrected chi connectivity index (χ3v) is 5.21. The molecule has 1 aromatic rings. The number of fused-ring (bicyclic) bond motifs is 1. The van der Waals surface area contributed by atoms with Crippen LogP contribution in [0.4, 0.5) is 13.2 Å². The molecule has 1 aromatic heterocycles. The fourth-order valence-corrected chi connectivity index (χ4v) is 4.06. The summed E-state index contributed by atoms with van der Waals surface area (Å²) in [5.74, 6) is -1.47. The number of hydrogen-bond acceptors (Lipinski definition) is 3. The lowest BCUT2D eigenvalue weighted by Crippen LogP contribution is -2.46. The molecule has 1 amide bonds. The Kier molecular flexibility index (Phi) is 4.47. The van der Waals surface area contributed by atoms with Crippen molar-refractivity contribution in [2.75, 3.05) is 0 Å². The second-order valence-corrected chi connectivity index (χ2v) is 6.74. The van der Waals surface area contributed by atoms with Gasteiger partial charge in [-0.1, -0.05) is 12.8 Å². The summed E-state index contributed by atoms with van der Waals surface area (Å²) in [6, 6.07) is 0.777. The normalized spacial score (nSPS) is 26.4. The third-order valence-electron chi connectivity index (χ3n) is 5.21. The molecule has 25 heavy (non-hydrogen) atoms. The second-order valence-electron chi connectivity index (χ2n) is 6.74. The van der Waals surface area contributed by atoms with E-state index < -0.39 is 29.8 Å². The first-order valence-corrected chi connectivity index (χ1v) is 8.30. The van der Waals surface area contributed by atoms with Crippen LogP contribution in [0.25, 0.3) is 0 Å². The molecule has 0 spiro atoms. The molecule has 0 aromatic carbocycles. The molecule has 1 N–H and O–H groups in total. The van der Waals surface area contributed by atoms with Crippen molar-refractivity contribution >= 4 is 11.9 Å². The number of carboxylic acid groups (broad SMARTS) is 1. The first-order chi connectivity index (χ1) is 11.7. The van der Waals surface area contributed by atoms with E-state index in [0.29, 0.717) is 6.42 Å². The van der Waals surface area contributed by atoms with E-state index in [9.17, 15) is 27.9 Å². The number of amides is 1. The summed E-state index contributed by atoms with van der Waals surface area (Å²) in [5, 5.41) is 9.49. The van der Waals surface area contributed by atoms with Crippen LogP contribution in [0.2, 0.25) is 0 Å². The van der Waals surface area contributed by atoms with E-state index in [1.54, 1.807) is 0 Å². The molecule has 2 aliphatic rings. The van der Waals surface area contributed by atoms with E-state index in [1.165, 1.54) is 11.8 Å². The van der Waals surface area contributed by atoms with Crippen LogP contribution in [0.3, 0.4) is 0 Å². The molecule has 1 aliphatic heterocycles. The Labute approximate surface area is 142 Å². The molecule has 3 atom stereocenters. The van der Waals surface area contributed by atoms with Gasteiger partial charge in [-0.05, 0) is 44.2 Å². The molecule has 0 unspecified atom stereocenters. The van der Waals surface area contributed by atoms with Crippen molar-refractivity contribution < 1.29 is 27.9 Å². The van der Waals surface area contributed by atoms with Crippen LogP contribution in [0.15, 0.2) is 12.1 Å². The van der Waals surface area contributed by atoms with E-state index in [4.69, 9.17) is 0 Å². The van der Waals surface area contributed by atoms with Crippen molar-refractivity contribution in [3.05, 3.63) is 29.1 Å². The monoisotopic (exact) mass is 356 g/mol. The van der Waals surface area contributed by atoms with Gasteiger partial charge < -0.3 is 10.0 Å². The summed E-state index contributed by atoms with van der Waals surface area (Å²) in [6.45, 7) is 1.34. The zero-order chi connectivity index (χ0) is 18.4. The van der Waals surface area contributed by atoms with Crippen LogP contribution in [0.5, 0.6) is 0 Å². The number of aromatic nitrogens is 1. The second kappa shape index (κ2) is 6.31. The number of hydrogen-bond donors (Lipinski definition) is 1. The van der Waals surface area contributed by atoms with Gasteiger partial charge in [-0.25, -0.2) is 9.78 Å². The Morgan fingerprint density at radius 1 is 1.24 bits per heavy atom. The lowest BCUT2D eigenvalue weighted by molar-refractivity contribution is -0.142. The van der Waals surface area contributed by atoms with Gasteiger partial charge in [0.05, 0.1) is 11.3 Å². The summed E-state index contributed by atoms with van der Waals surface area (Å²) >= 11 is 0. The molecule has 0 bridgehead atoms. The summed E-state index contributed by atoms with van der Waals surface area (Å²) in [5.41, 5.74) is -1.07. The summed E-state index contributed by atoms with van der Waals surface area (Å²) in [4.78, 5) is 29.4. The maximum atomic E-state index is 12.9. The smallest absolute Gasteiger partial charge is 0.433 e. The van der Waals surface area contributed by atoms with E-state index >= 15 is 0 Å². The Morgan fingerprint density at radius 3 is 2.52 bits per heavy atom. The minimum Gasteiger partial charge on any atom is -0.480 e. The van der Waals surface area contributed by atoms with Gasteiger partial charge in [0.15, 0.2) is 0 Å². The molecular weight excluding hydrogens is 337 g/mol. The third kappa shape index (κ3) is 3.21. The molecule has 2 fully saturated rings. The highest BCUT2D eigenvalue weighted by atomic mass is 19.4. The zero-order valence-electron chi connectivity index (χ0n) is 13.7. The summed E-state index contributed by atoms with van der Waals surface area (Å²) in [7, 11) is 0. The van der Waals surface area contributed by atoms with E-state index in [-0.39, 0.29) is 23.2 Å². The number of carbonyl (C=O) groups is 2. The van der Waals surface area contributed by atoms with Crippen LogP contribution in [-0.2, 0) is 11.0 Å². The largest absolute Gasteiger partial charge is 0.480 e. The van der Waals surface area contributed by atoms with Crippen molar-refractivity contribution in [2.24, 2.45) is 5.92 Å². The van der Waals surface area contributed by atoms with Crippen molar-refractivity contribution in [3.8, 4) is 0 Å². The zero-order valence-corrected chi connectivity index (χ0v) is 13.7. The Bertz CT molecular complexity index is 705. The fourth-order valence-electron chi connectivity index (χ4n) is 4.06. The average Bonchev–Trinajstić information content (AvgIpc) is 2.93. The highest BCUT2D eigenvalue weighted by Crippen LogP contribution is 2.41. The predicted octanol–water partition coefficient (Wildman–Crippen LogP) is 3.27. The highest BCUT2D eigenvalue weighted by molar-refractivity contribution is 5.98. The van der Waals surface area contributed by atoms with Crippen LogP contribution >= 0.6 is 0 Å². The first-order valence-electron chi connectivity index (χ1n) is 8.30. The van der Waals surface area contributed by atoms with Gasteiger partial charge in [-0.15, -0.1) is 0 Å². The van der Waals surface area contributed by atoms with Gasteiger partial charge in [-0.2, -0.15) is 13.2 Å². The minimum atomic E-state index is -4.59. The standard InChI is InChI=1S/C17H19F3N2O3/c1-9-11(6-7-14(21-9)17(18,19)20)15(23)22-12-5-3-2-4-10(12)8-13(22)16(24)25/h6-7,10,12-13H,2-5,8H2,1H3,(H,24,25)/t10-,12+,13+/m1/s1. The predicted molar refractivity (Wildman–Crippen MR) is 81.9 cm³/mol. The van der Waals surface area contributed by atoms with Gasteiger partial charge in [0.1, 0.15) is 11.7 Å². The molecule has 1 saturated carbocycles. The van der Waals surface area contributed by atoms with Gasteiger partial charge in [-0.3, -0.25) is 4.79 Å². The SMILES string of the molecule is Cc1nc(C(F)(F)F)ccc1C(=O)N1[C@H](C(=O)O)C[C@H]2CCCC[C@@H]21. The Balaban J connectivity index is 1.94. The van der Waals surface area contributed by atoms with Crippen LogP contribution in [-0.4, -0.2) is 39.0 Å². The number of carbonyl (C=O) groups excluding carboxylic acids is 1. The first kappa shape index (κ1) is 17.7. The lowest BCUT2D eigenvalue weighted by atomic mass is 9.84. The van der Waals surface area contributed by atoms with Crippen molar-refractivity contribution in [1.82, 2.24) is 9.88 Å². The van der Waals surface area contributed by atoms with Crippen molar-refractivity contribution in [3.63, 3.8) is 0 Å². The number of pyridine rings is 1. The number of nitrogens with zero attached hydrogens (tertiary/aromatic N) is 2. The van der Waals surface area contributed by atoms with Gasteiger partial charge in [0, 0.05) is 6.04 Å². The molecule has 1 aliphatic carbocycles. The lowest BCUT2D eigenvalue weighted by Gasteiger charge is -2.33. The molecule has 1 saturated heterocycles. The van der Waals surface area contributed by atoms with Crippen molar-refractivity contribution in [1.29, 1.82) is 0 Å². The van der Waals surface area contributed by atoms with Gasteiger partial charge in [0.25, 0.3) is 5.91 Å². The maximum absolute atomic E-state index is 12.9. The molecule has 2 heterocycles. The van der Waals surface area contributed by atoms with E-state index in [0.717, 1.165) is 37.8 Å². The average molecular weight is 356 g/mol. The number of likely N-dealkylation sites (tertiary alicyclic amines) is 1. The Morgan fingerprint density at radius 2 is 1.92 bits per heavy atom. The number of halogens is 3. The summed E-state index contributed by atoms with van der Waals surface area (Å²) in [6.07, 6.45) is -0.648. The van der Waals surface area contributed by atoms with Crippen LogP contribution in [0, 0.1) is 12.8 Å². The fraction of sp³-hybridized carbons (Fsp3) is 0.588. The van der Waals surface area contributed by atoms with Gasteiger partial charge >= 0.3 is 12.1 Å². The molecule has 136 valence electrons. The van der Waals surface area contributed by atoms with Crippen molar-refractivity contribution in [2.45, 2.75) is 57.3 Å². The molecular formula is C17H19F3N2O3. The molecule has 8 heteroatoms. The van der Waals surface area contributed by atoms with Gasteiger partial charge in [0.2, 0.25) is 0 Å². The number of aliphatic carboxylic acids is 1. The maximum Gasteiger partial charge on any atom is 0.433 e. The molecule has 5 nitrogen and oxygen atoms in total. The molecule has 0 radical (unpaired) electrons. The summed E-state index contributed by atoms with van der Waals surface area (Å²) < 4.78 is 38.3. The number of alkyl halides is 3. The van der Waals surface area contributed by atoms with Crippen LogP contribution < -0.4 is 0 Å². The van der Waals surface area contributed by atoms with Crippen LogP contribution in [0.1, 0.15) is 53.8 Å². The highest BCUT2D eigenvalue weighted by Gasteiger charge is 2.48. The molecule has 3 rings (SSSR count). The number of aryl methyl sites for hydroxylation is 1. The number of rotatable bonds is 2. The quantitative estimate of drug-likeness (QED) is 0.883. The number of carboxylic acids is 1. The van der Waals surface area contributed by atoms with E-state index in [2.05, 4.69) is 4.98 Å². The van der Waals surface area contributed by atoms with E-state index in [1.807, 2.05) is 0 Å². The Hall–Kier alpha value is -2.12. The minimum absolute atomic E-state index is 0.0328. The topological polar surface area (TPSA) is 70.5 Å².